The molecular weight excluding hydrogens is 322 g/mol. The largest absolute Gasteiger partial charge is 0.357 e. The first kappa shape index (κ1) is 16.8. The molecule has 0 unspecified atom stereocenters. The Kier molecular flexibility index (Phi) is 5.26. The van der Waals surface area contributed by atoms with Gasteiger partial charge in [0.15, 0.2) is 0 Å². The fourth-order valence-corrected chi connectivity index (χ4v) is 3.40. The van der Waals surface area contributed by atoms with Gasteiger partial charge in [-0.05, 0) is 36.1 Å². The summed E-state index contributed by atoms with van der Waals surface area (Å²) in [6.07, 6.45) is 8.52. The van der Waals surface area contributed by atoms with E-state index >= 15 is 0 Å². The fraction of sp³-hybridized carbons (Fsp3) is 0.333. The number of anilines is 1. The van der Waals surface area contributed by atoms with Crippen molar-refractivity contribution < 1.29 is 0 Å². The van der Waals surface area contributed by atoms with Crippen LogP contribution in [0.25, 0.3) is 0 Å². The van der Waals surface area contributed by atoms with Crippen LogP contribution in [-0.4, -0.2) is 27.9 Å². The molecule has 26 heavy (non-hydrogen) atoms. The lowest BCUT2D eigenvalue weighted by molar-refractivity contribution is 0.677. The smallest absolute Gasteiger partial charge is 0.128 e. The molecule has 0 amide bonds. The number of benzene rings is 1. The molecule has 1 aromatic carbocycles. The van der Waals surface area contributed by atoms with Crippen molar-refractivity contribution >= 4 is 5.82 Å². The van der Waals surface area contributed by atoms with E-state index in [2.05, 4.69) is 62.9 Å². The first-order chi connectivity index (χ1) is 12.9. The standard InChI is InChI=1S/C21H25N5/c1-2-6-18(7-3-1)16-26-17-20(15-24-26)14-22-13-19-8-9-23-21(12-19)25-10-4-5-11-25/h1-3,6-9,12,15,17,22H,4-5,10-11,13-14,16H2. The average Bonchev–Trinajstić information content (AvgIpc) is 3.35. The maximum Gasteiger partial charge on any atom is 0.128 e. The Balaban J connectivity index is 1.29. The van der Waals surface area contributed by atoms with Gasteiger partial charge in [-0.25, -0.2) is 4.98 Å². The van der Waals surface area contributed by atoms with Crippen molar-refractivity contribution in [1.82, 2.24) is 20.1 Å². The van der Waals surface area contributed by atoms with Crippen molar-refractivity contribution in [2.45, 2.75) is 32.5 Å². The predicted molar refractivity (Wildman–Crippen MR) is 104 cm³/mol. The zero-order valence-electron chi connectivity index (χ0n) is 15.0. The van der Waals surface area contributed by atoms with E-state index in [1.165, 1.54) is 29.5 Å². The molecule has 0 spiro atoms. The lowest BCUT2D eigenvalue weighted by Crippen LogP contribution is -2.19. The van der Waals surface area contributed by atoms with E-state index in [1.807, 2.05) is 23.1 Å². The maximum atomic E-state index is 4.52. The van der Waals surface area contributed by atoms with Crippen molar-refractivity contribution in [1.29, 1.82) is 0 Å². The van der Waals surface area contributed by atoms with E-state index in [0.717, 1.165) is 38.5 Å². The van der Waals surface area contributed by atoms with Crippen LogP contribution < -0.4 is 10.2 Å². The van der Waals surface area contributed by atoms with Gasteiger partial charge in [0.1, 0.15) is 5.82 Å². The molecule has 1 saturated heterocycles. The second-order valence-corrected chi connectivity index (χ2v) is 6.85. The van der Waals surface area contributed by atoms with Crippen LogP contribution in [0.5, 0.6) is 0 Å². The van der Waals surface area contributed by atoms with Gasteiger partial charge in [0.25, 0.3) is 0 Å². The van der Waals surface area contributed by atoms with Crippen LogP contribution in [0.15, 0.2) is 61.1 Å². The van der Waals surface area contributed by atoms with E-state index < -0.39 is 0 Å². The summed E-state index contributed by atoms with van der Waals surface area (Å²) >= 11 is 0. The number of nitrogens with zero attached hydrogens (tertiary/aromatic N) is 4. The minimum Gasteiger partial charge on any atom is -0.357 e. The maximum absolute atomic E-state index is 4.52. The van der Waals surface area contributed by atoms with E-state index in [-0.39, 0.29) is 0 Å². The monoisotopic (exact) mass is 347 g/mol. The quantitative estimate of drug-likeness (QED) is 0.713. The number of hydrogen-bond donors (Lipinski definition) is 1. The van der Waals surface area contributed by atoms with Gasteiger partial charge in [-0.15, -0.1) is 0 Å². The van der Waals surface area contributed by atoms with Gasteiger partial charge in [0.05, 0.1) is 12.7 Å². The van der Waals surface area contributed by atoms with Crippen molar-refractivity contribution in [3.63, 3.8) is 0 Å². The van der Waals surface area contributed by atoms with Gasteiger partial charge < -0.3 is 10.2 Å². The van der Waals surface area contributed by atoms with Crippen LogP contribution in [0, 0.1) is 0 Å². The molecule has 0 atom stereocenters. The van der Waals surface area contributed by atoms with Crippen molar-refractivity contribution in [3.8, 4) is 0 Å². The highest BCUT2D eigenvalue weighted by Crippen LogP contribution is 2.18. The molecule has 0 bridgehead atoms. The molecule has 5 heteroatoms. The number of rotatable bonds is 7. The van der Waals surface area contributed by atoms with Gasteiger partial charge in [-0.3, -0.25) is 4.68 Å². The Morgan fingerprint density at radius 3 is 2.58 bits per heavy atom. The highest BCUT2D eigenvalue weighted by atomic mass is 15.3. The fourth-order valence-electron chi connectivity index (χ4n) is 3.40. The van der Waals surface area contributed by atoms with E-state index in [4.69, 9.17) is 0 Å². The summed E-state index contributed by atoms with van der Waals surface area (Å²) in [4.78, 5) is 6.89. The van der Waals surface area contributed by atoms with E-state index in [1.54, 1.807) is 0 Å². The number of pyridine rings is 1. The second-order valence-electron chi connectivity index (χ2n) is 6.85. The molecule has 1 N–H and O–H groups in total. The lowest BCUT2D eigenvalue weighted by atomic mass is 10.2. The summed E-state index contributed by atoms with van der Waals surface area (Å²) in [6, 6.07) is 14.7. The molecule has 4 rings (SSSR count). The summed E-state index contributed by atoms with van der Waals surface area (Å²) in [6.45, 7) is 4.72. The summed E-state index contributed by atoms with van der Waals surface area (Å²) in [5.74, 6) is 1.11. The Labute approximate surface area is 154 Å². The molecule has 134 valence electrons. The van der Waals surface area contributed by atoms with Crippen molar-refractivity contribution in [3.05, 3.63) is 77.7 Å². The Bertz CT molecular complexity index is 821. The third kappa shape index (κ3) is 4.29. The molecule has 3 heterocycles. The minimum atomic E-state index is 0.810. The Morgan fingerprint density at radius 2 is 1.73 bits per heavy atom. The highest BCUT2D eigenvalue weighted by molar-refractivity contribution is 5.41. The minimum absolute atomic E-state index is 0.810. The molecule has 5 nitrogen and oxygen atoms in total. The van der Waals surface area contributed by atoms with Gasteiger partial charge in [0, 0.05) is 44.1 Å². The average molecular weight is 347 g/mol. The molecule has 1 fully saturated rings. The third-order valence-electron chi connectivity index (χ3n) is 4.77. The lowest BCUT2D eigenvalue weighted by Gasteiger charge is -2.16. The van der Waals surface area contributed by atoms with Gasteiger partial charge in [0.2, 0.25) is 0 Å². The first-order valence-electron chi connectivity index (χ1n) is 9.33. The summed E-state index contributed by atoms with van der Waals surface area (Å²) < 4.78 is 1.99. The molecule has 0 radical (unpaired) electrons. The van der Waals surface area contributed by atoms with Crippen LogP contribution in [0.2, 0.25) is 0 Å². The molecule has 1 aliphatic rings. The van der Waals surface area contributed by atoms with Gasteiger partial charge >= 0.3 is 0 Å². The van der Waals surface area contributed by atoms with Crippen molar-refractivity contribution in [2.24, 2.45) is 0 Å². The van der Waals surface area contributed by atoms with Crippen LogP contribution in [0.3, 0.4) is 0 Å². The number of hydrogen-bond acceptors (Lipinski definition) is 4. The van der Waals surface area contributed by atoms with Crippen LogP contribution in [0.4, 0.5) is 5.82 Å². The predicted octanol–water partition coefficient (Wildman–Crippen LogP) is 3.22. The SMILES string of the molecule is c1ccc(Cn2cc(CNCc3ccnc(N4CCCC4)c3)cn2)cc1. The Morgan fingerprint density at radius 1 is 0.923 bits per heavy atom. The van der Waals surface area contributed by atoms with Crippen LogP contribution in [-0.2, 0) is 19.6 Å². The molecule has 1 aliphatic heterocycles. The van der Waals surface area contributed by atoms with E-state index in [0.29, 0.717) is 0 Å². The summed E-state index contributed by atoms with van der Waals surface area (Å²) in [5, 5.41) is 7.98. The molecule has 3 aromatic rings. The Hall–Kier alpha value is -2.66. The van der Waals surface area contributed by atoms with E-state index in [9.17, 15) is 0 Å². The molecule has 0 saturated carbocycles. The topological polar surface area (TPSA) is 46.0 Å². The zero-order valence-corrected chi connectivity index (χ0v) is 15.0. The second kappa shape index (κ2) is 8.15. The molecule has 0 aliphatic carbocycles. The number of aromatic nitrogens is 3. The summed E-state index contributed by atoms with van der Waals surface area (Å²) in [5.41, 5.74) is 3.75. The van der Waals surface area contributed by atoms with Crippen LogP contribution in [0.1, 0.15) is 29.5 Å². The third-order valence-corrected chi connectivity index (χ3v) is 4.77. The van der Waals surface area contributed by atoms with Crippen LogP contribution >= 0.6 is 0 Å². The zero-order chi connectivity index (χ0) is 17.6. The summed E-state index contributed by atoms with van der Waals surface area (Å²) in [7, 11) is 0. The van der Waals surface area contributed by atoms with Gasteiger partial charge in [-0.2, -0.15) is 5.10 Å². The van der Waals surface area contributed by atoms with Crippen molar-refractivity contribution in [2.75, 3.05) is 18.0 Å². The van der Waals surface area contributed by atoms with Gasteiger partial charge in [-0.1, -0.05) is 30.3 Å². The first-order valence-corrected chi connectivity index (χ1v) is 9.33. The highest BCUT2D eigenvalue weighted by Gasteiger charge is 2.13. The number of nitrogens with one attached hydrogen (secondary N) is 1. The molecular formula is C21H25N5. The normalized spacial score (nSPS) is 14.1. The molecule has 2 aromatic heterocycles.